The van der Waals surface area contributed by atoms with Crippen molar-refractivity contribution in [3.05, 3.63) is 12.2 Å². The summed E-state index contributed by atoms with van der Waals surface area (Å²) in [4.78, 5) is 22.6. The first kappa shape index (κ1) is 9.40. The summed E-state index contributed by atoms with van der Waals surface area (Å²) < 4.78 is 5.01. The number of carbonyl (C=O) groups excluding carboxylic acids is 2. The van der Waals surface area contributed by atoms with E-state index in [9.17, 15) is 14.7 Å². The summed E-state index contributed by atoms with van der Waals surface area (Å²) in [7, 11) is 0. The minimum atomic E-state index is -1.36. The maximum Gasteiger partial charge on any atom is 0.334 e. The van der Waals surface area contributed by atoms with Crippen LogP contribution in [0.3, 0.4) is 0 Å². The third-order valence-electron chi connectivity index (χ3n) is 3.02. The van der Waals surface area contributed by atoms with Gasteiger partial charge in [-0.2, -0.15) is 0 Å². The zero-order chi connectivity index (χ0) is 10.5. The van der Waals surface area contributed by atoms with Crippen molar-refractivity contribution in [2.75, 3.05) is 0 Å². The van der Waals surface area contributed by atoms with Crippen LogP contribution in [0, 0.1) is 5.92 Å². The minimum absolute atomic E-state index is 0.155. The molecule has 0 aromatic rings. The van der Waals surface area contributed by atoms with Crippen LogP contribution in [0.15, 0.2) is 12.2 Å². The second-order valence-electron chi connectivity index (χ2n) is 4.18. The topological polar surface area (TPSA) is 63.6 Å². The average molecular weight is 196 g/mol. The molecule has 2 rings (SSSR count). The van der Waals surface area contributed by atoms with E-state index in [0.717, 1.165) is 0 Å². The molecule has 14 heavy (non-hydrogen) atoms. The third-order valence-corrected chi connectivity index (χ3v) is 3.02. The lowest BCUT2D eigenvalue weighted by atomic mass is 9.75. The molecule has 0 bridgehead atoms. The molecule has 1 N–H and O–H groups in total. The van der Waals surface area contributed by atoms with E-state index in [4.69, 9.17) is 4.74 Å². The van der Waals surface area contributed by atoms with Gasteiger partial charge in [0.05, 0.1) is 0 Å². The second-order valence-corrected chi connectivity index (χ2v) is 4.18. The largest absolute Gasteiger partial charge is 0.458 e. The smallest absolute Gasteiger partial charge is 0.334 e. The third kappa shape index (κ3) is 1.18. The van der Waals surface area contributed by atoms with E-state index in [0.29, 0.717) is 5.57 Å². The highest BCUT2D eigenvalue weighted by atomic mass is 16.6. The maximum absolute atomic E-state index is 11.5. The van der Waals surface area contributed by atoms with E-state index in [1.54, 1.807) is 0 Å². The van der Waals surface area contributed by atoms with Crippen molar-refractivity contribution >= 4 is 11.8 Å². The van der Waals surface area contributed by atoms with Crippen LogP contribution in [0.2, 0.25) is 0 Å². The van der Waals surface area contributed by atoms with Crippen molar-refractivity contribution in [1.82, 2.24) is 0 Å². The van der Waals surface area contributed by atoms with Gasteiger partial charge in [-0.25, -0.2) is 4.79 Å². The summed E-state index contributed by atoms with van der Waals surface area (Å²) in [6.07, 6.45) is -0.0357. The van der Waals surface area contributed by atoms with Crippen LogP contribution < -0.4 is 0 Å². The quantitative estimate of drug-likeness (QED) is 0.444. The Balaban J connectivity index is 2.26. The van der Waals surface area contributed by atoms with Crippen LogP contribution in [0.1, 0.15) is 19.8 Å². The number of ketones is 1. The lowest BCUT2D eigenvalue weighted by Gasteiger charge is -2.32. The Morgan fingerprint density at radius 1 is 1.57 bits per heavy atom. The number of hydrogen-bond acceptors (Lipinski definition) is 4. The first-order valence-corrected chi connectivity index (χ1v) is 4.57. The normalized spacial score (nSPS) is 42.3. The van der Waals surface area contributed by atoms with Gasteiger partial charge in [-0.3, -0.25) is 4.79 Å². The Labute approximate surface area is 81.6 Å². The Morgan fingerprint density at radius 2 is 2.21 bits per heavy atom. The van der Waals surface area contributed by atoms with E-state index in [-0.39, 0.29) is 30.6 Å². The molecule has 4 nitrogen and oxygen atoms in total. The van der Waals surface area contributed by atoms with Crippen LogP contribution in [0.25, 0.3) is 0 Å². The number of esters is 1. The average Bonchev–Trinajstić information content (AvgIpc) is 2.31. The SMILES string of the molecule is C=C1C(=O)OC2C[C@](C)(O)C(=O)CC12. The van der Waals surface area contributed by atoms with Crippen molar-refractivity contribution in [2.45, 2.75) is 31.5 Å². The summed E-state index contributed by atoms with van der Waals surface area (Å²) in [5.41, 5.74) is -0.995. The fourth-order valence-corrected chi connectivity index (χ4v) is 2.03. The molecule has 76 valence electrons. The fraction of sp³-hybridized carbons (Fsp3) is 0.600. The number of ether oxygens (including phenoxy) is 1. The summed E-state index contributed by atoms with van der Waals surface area (Å²) in [6, 6.07) is 0. The maximum atomic E-state index is 11.5. The van der Waals surface area contributed by atoms with Gasteiger partial charge in [-0.15, -0.1) is 0 Å². The van der Waals surface area contributed by atoms with Gasteiger partial charge >= 0.3 is 5.97 Å². The van der Waals surface area contributed by atoms with Gasteiger partial charge in [0.1, 0.15) is 11.7 Å². The molecule has 0 spiro atoms. The highest BCUT2D eigenvalue weighted by molar-refractivity contribution is 5.95. The molecule has 1 aliphatic carbocycles. The first-order chi connectivity index (χ1) is 6.42. The van der Waals surface area contributed by atoms with E-state index in [1.165, 1.54) is 6.92 Å². The molecule has 1 saturated heterocycles. The number of hydrogen-bond donors (Lipinski definition) is 1. The molecule has 0 aromatic carbocycles. The molecule has 1 aliphatic heterocycles. The van der Waals surface area contributed by atoms with Crippen molar-refractivity contribution < 1.29 is 19.4 Å². The van der Waals surface area contributed by atoms with E-state index in [2.05, 4.69) is 6.58 Å². The Morgan fingerprint density at radius 3 is 2.86 bits per heavy atom. The predicted molar refractivity (Wildman–Crippen MR) is 47.4 cm³/mol. The monoisotopic (exact) mass is 196 g/mol. The zero-order valence-electron chi connectivity index (χ0n) is 7.95. The second kappa shape index (κ2) is 2.67. The number of rotatable bonds is 0. The number of fused-ring (bicyclic) bond motifs is 1. The van der Waals surface area contributed by atoms with Gasteiger partial charge in [0.15, 0.2) is 5.78 Å². The van der Waals surface area contributed by atoms with Gasteiger partial charge in [-0.1, -0.05) is 6.58 Å². The fourth-order valence-electron chi connectivity index (χ4n) is 2.03. The Bertz CT molecular complexity index is 329. The summed E-state index contributed by atoms with van der Waals surface area (Å²) in [5, 5.41) is 9.69. The molecule has 4 heteroatoms. The van der Waals surface area contributed by atoms with Crippen LogP contribution in [0.4, 0.5) is 0 Å². The summed E-state index contributed by atoms with van der Waals surface area (Å²) in [6.45, 7) is 5.05. The van der Waals surface area contributed by atoms with E-state index >= 15 is 0 Å². The molecule has 3 atom stereocenters. The number of aliphatic hydroxyl groups is 1. The Kier molecular flexibility index (Phi) is 1.79. The molecular weight excluding hydrogens is 184 g/mol. The molecule has 2 aliphatic rings. The standard InChI is InChI=1S/C10H12O4/c1-5-6-3-8(11)10(2,13)4-7(6)14-9(5)12/h6-7,13H,1,3-4H2,2H3/t6?,7?,10-/m0/s1. The summed E-state index contributed by atoms with van der Waals surface area (Å²) in [5.74, 6) is -0.904. The molecule has 2 unspecified atom stereocenters. The van der Waals surface area contributed by atoms with Crippen molar-refractivity contribution in [1.29, 1.82) is 0 Å². The summed E-state index contributed by atoms with van der Waals surface area (Å²) >= 11 is 0. The Hall–Kier alpha value is -1.16. The highest BCUT2D eigenvalue weighted by Gasteiger charge is 2.50. The van der Waals surface area contributed by atoms with Gasteiger partial charge in [-0.05, 0) is 6.92 Å². The molecule has 1 heterocycles. The van der Waals surface area contributed by atoms with Crippen LogP contribution in [0.5, 0.6) is 0 Å². The number of carbonyl (C=O) groups is 2. The molecule has 0 amide bonds. The molecule has 0 radical (unpaired) electrons. The van der Waals surface area contributed by atoms with Crippen molar-refractivity contribution in [2.24, 2.45) is 5.92 Å². The molecule has 1 saturated carbocycles. The predicted octanol–water partition coefficient (Wildman–Crippen LogP) is 0.198. The highest BCUT2D eigenvalue weighted by Crippen LogP contribution is 2.39. The molecule has 0 aromatic heterocycles. The van der Waals surface area contributed by atoms with E-state index < -0.39 is 11.6 Å². The van der Waals surface area contributed by atoms with Crippen LogP contribution in [-0.4, -0.2) is 28.6 Å². The van der Waals surface area contributed by atoms with Gasteiger partial charge < -0.3 is 9.84 Å². The minimum Gasteiger partial charge on any atom is -0.458 e. The van der Waals surface area contributed by atoms with Gasteiger partial charge in [0.25, 0.3) is 0 Å². The zero-order valence-corrected chi connectivity index (χ0v) is 7.95. The van der Waals surface area contributed by atoms with Crippen LogP contribution >= 0.6 is 0 Å². The van der Waals surface area contributed by atoms with Crippen LogP contribution in [-0.2, 0) is 14.3 Å². The van der Waals surface area contributed by atoms with Crippen molar-refractivity contribution in [3.8, 4) is 0 Å². The lowest BCUT2D eigenvalue weighted by molar-refractivity contribution is -0.152. The first-order valence-electron chi connectivity index (χ1n) is 4.57. The number of Topliss-reactive ketones (excluding diaryl/α,β-unsaturated/α-hetero) is 1. The molecule has 2 fully saturated rings. The van der Waals surface area contributed by atoms with Crippen molar-refractivity contribution in [3.63, 3.8) is 0 Å². The van der Waals surface area contributed by atoms with E-state index in [1.807, 2.05) is 0 Å². The molecular formula is C10H12O4. The van der Waals surface area contributed by atoms with Gasteiger partial charge in [0, 0.05) is 24.3 Å². The lowest BCUT2D eigenvalue weighted by Crippen LogP contribution is -2.46. The van der Waals surface area contributed by atoms with Gasteiger partial charge in [0.2, 0.25) is 0 Å².